The minimum atomic E-state index is 0.0763. The van der Waals surface area contributed by atoms with Crippen LogP contribution in [0.15, 0.2) is 0 Å². The fourth-order valence-electron chi connectivity index (χ4n) is 2.17. The second-order valence-corrected chi connectivity index (χ2v) is 4.18. The summed E-state index contributed by atoms with van der Waals surface area (Å²) >= 11 is 0. The van der Waals surface area contributed by atoms with E-state index >= 15 is 0 Å². The van der Waals surface area contributed by atoms with Gasteiger partial charge < -0.3 is 14.7 Å². The molecule has 2 saturated heterocycles. The third-order valence-corrected chi connectivity index (χ3v) is 3.13. The average molecular weight is 199 g/mol. The summed E-state index contributed by atoms with van der Waals surface area (Å²) in [4.78, 5) is 13.7. The Bertz CT molecular complexity index is 213. The van der Waals surface area contributed by atoms with Crippen molar-refractivity contribution >= 4 is 5.91 Å². The lowest BCUT2D eigenvalue weighted by Crippen LogP contribution is -2.34. The Balaban J connectivity index is 1.86. The van der Waals surface area contributed by atoms with E-state index < -0.39 is 0 Å². The minimum Gasteiger partial charge on any atom is -0.396 e. The maximum atomic E-state index is 11.9. The van der Waals surface area contributed by atoms with Gasteiger partial charge in [-0.05, 0) is 12.8 Å². The lowest BCUT2D eigenvalue weighted by Gasteiger charge is -2.19. The summed E-state index contributed by atoms with van der Waals surface area (Å²) in [5.41, 5.74) is 0. The molecule has 2 aliphatic rings. The minimum absolute atomic E-state index is 0.0763. The number of aliphatic hydroxyl groups excluding tert-OH is 1. The van der Waals surface area contributed by atoms with Crippen LogP contribution in [-0.4, -0.2) is 48.8 Å². The van der Waals surface area contributed by atoms with Crippen molar-refractivity contribution in [1.29, 1.82) is 0 Å². The standard InChI is InChI=1S/C10H17NO3/c12-6-8-1-3-11(5-8)10(13)9-2-4-14-7-9/h8-9,12H,1-7H2/t8-,9+/m0/s1. The number of carbonyl (C=O) groups is 1. The molecule has 1 amide bonds. The maximum absolute atomic E-state index is 11.9. The van der Waals surface area contributed by atoms with Crippen molar-refractivity contribution in [2.45, 2.75) is 12.8 Å². The third-order valence-electron chi connectivity index (χ3n) is 3.13. The van der Waals surface area contributed by atoms with E-state index in [1.165, 1.54) is 0 Å². The summed E-state index contributed by atoms with van der Waals surface area (Å²) in [6.07, 6.45) is 1.80. The van der Waals surface area contributed by atoms with Crippen molar-refractivity contribution in [1.82, 2.24) is 4.90 Å². The van der Waals surface area contributed by atoms with Gasteiger partial charge in [-0.3, -0.25) is 4.79 Å². The molecular weight excluding hydrogens is 182 g/mol. The molecule has 2 atom stereocenters. The number of carbonyl (C=O) groups excluding carboxylic acids is 1. The van der Waals surface area contributed by atoms with Crippen molar-refractivity contribution in [2.24, 2.45) is 11.8 Å². The topological polar surface area (TPSA) is 49.8 Å². The quantitative estimate of drug-likeness (QED) is 0.673. The Morgan fingerprint density at radius 2 is 2.36 bits per heavy atom. The molecule has 14 heavy (non-hydrogen) atoms. The van der Waals surface area contributed by atoms with E-state index in [1.807, 2.05) is 4.90 Å². The summed E-state index contributed by atoms with van der Waals surface area (Å²) in [5, 5.41) is 8.97. The molecule has 80 valence electrons. The van der Waals surface area contributed by atoms with Crippen molar-refractivity contribution in [3.05, 3.63) is 0 Å². The molecule has 0 aromatic rings. The zero-order valence-corrected chi connectivity index (χ0v) is 8.32. The van der Waals surface area contributed by atoms with Crippen molar-refractivity contribution in [3.8, 4) is 0 Å². The first-order valence-electron chi connectivity index (χ1n) is 5.28. The van der Waals surface area contributed by atoms with E-state index in [4.69, 9.17) is 9.84 Å². The van der Waals surface area contributed by atoms with Crippen LogP contribution in [0.2, 0.25) is 0 Å². The van der Waals surface area contributed by atoms with E-state index in [2.05, 4.69) is 0 Å². The normalized spacial score (nSPS) is 32.5. The van der Waals surface area contributed by atoms with Crippen LogP contribution in [0.25, 0.3) is 0 Å². The van der Waals surface area contributed by atoms with Gasteiger partial charge in [-0.2, -0.15) is 0 Å². The molecule has 0 aromatic carbocycles. The number of rotatable bonds is 2. The summed E-state index contributed by atoms with van der Waals surface area (Å²) < 4.78 is 5.19. The average Bonchev–Trinajstić information content (AvgIpc) is 2.88. The molecule has 0 spiro atoms. The first kappa shape index (κ1) is 9.93. The van der Waals surface area contributed by atoms with Gasteiger partial charge in [0.1, 0.15) is 0 Å². The van der Waals surface area contributed by atoms with E-state index in [0.29, 0.717) is 19.1 Å². The van der Waals surface area contributed by atoms with Crippen LogP contribution in [0.3, 0.4) is 0 Å². The van der Waals surface area contributed by atoms with Gasteiger partial charge in [-0.25, -0.2) is 0 Å². The highest BCUT2D eigenvalue weighted by molar-refractivity contribution is 5.79. The van der Waals surface area contributed by atoms with Crippen LogP contribution in [-0.2, 0) is 9.53 Å². The van der Waals surface area contributed by atoms with Gasteiger partial charge in [-0.1, -0.05) is 0 Å². The Kier molecular flexibility index (Phi) is 3.03. The van der Waals surface area contributed by atoms with Gasteiger partial charge >= 0.3 is 0 Å². The van der Waals surface area contributed by atoms with E-state index in [-0.39, 0.29) is 18.4 Å². The van der Waals surface area contributed by atoms with Crippen LogP contribution in [0.5, 0.6) is 0 Å². The first-order chi connectivity index (χ1) is 6.81. The molecule has 4 nitrogen and oxygen atoms in total. The Labute approximate surface area is 83.8 Å². The van der Waals surface area contributed by atoms with Gasteiger partial charge in [0.2, 0.25) is 5.91 Å². The molecular formula is C10H17NO3. The van der Waals surface area contributed by atoms with E-state index in [0.717, 1.165) is 25.9 Å². The lowest BCUT2D eigenvalue weighted by atomic mass is 10.1. The van der Waals surface area contributed by atoms with Crippen molar-refractivity contribution < 1.29 is 14.6 Å². The van der Waals surface area contributed by atoms with Gasteiger partial charge in [0, 0.05) is 32.2 Å². The van der Waals surface area contributed by atoms with Crippen LogP contribution in [0.1, 0.15) is 12.8 Å². The second kappa shape index (κ2) is 4.28. The summed E-state index contributed by atoms with van der Waals surface area (Å²) in [6.45, 7) is 3.03. The van der Waals surface area contributed by atoms with Crippen LogP contribution in [0, 0.1) is 11.8 Å². The number of ether oxygens (including phenoxy) is 1. The zero-order valence-electron chi connectivity index (χ0n) is 8.32. The molecule has 4 heteroatoms. The third kappa shape index (κ3) is 1.91. The molecule has 2 rings (SSSR count). The lowest BCUT2D eigenvalue weighted by molar-refractivity contribution is -0.134. The molecule has 0 saturated carbocycles. The Hall–Kier alpha value is -0.610. The molecule has 0 aromatic heterocycles. The molecule has 0 aliphatic carbocycles. The number of likely N-dealkylation sites (tertiary alicyclic amines) is 1. The summed E-state index contributed by atoms with van der Waals surface area (Å²) in [7, 11) is 0. The Morgan fingerprint density at radius 1 is 1.50 bits per heavy atom. The molecule has 0 radical (unpaired) electrons. The summed E-state index contributed by atoms with van der Waals surface area (Å²) in [5.74, 6) is 0.590. The fourth-order valence-corrected chi connectivity index (χ4v) is 2.17. The molecule has 2 aliphatic heterocycles. The van der Waals surface area contributed by atoms with Gasteiger partial charge in [0.15, 0.2) is 0 Å². The predicted molar refractivity (Wildman–Crippen MR) is 50.7 cm³/mol. The van der Waals surface area contributed by atoms with Gasteiger partial charge in [-0.15, -0.1) is 0 Å². The smallest absolute Gasteiger partial charge is 0.228 e. The number of amides is 1. The fraction of sp³-hybridized carbons (Fsp3) is 0.900. The monoisotopic (exact) mass is 199 g/mol. The highest BCUT2D eigenvalue weighted by atomic mass is 16.5. The number of nitrogens with zero attached hydrogens (tertiary/aromatic N) is 1. The Morgan fingerprint density at radius 3 is 2.93 bits per heavy atom. The van der Waals surface area contributed by atoms with Gasteiger partial charge in [0.25, 0.3) is 0 Å². The summed E-state index contributed by atoms with van der Waals surface area (Å²) in [6, 6.07) is 0. The SMILES string of the molecule is O=C([C@@H]1CCOC1)N1CC[C@H](CO)C1. The van der Waals surface area contributed by atoms with Gasteiger partial charge in [0.05, 0.1) is 12.5 Å². The molecule has 0 bridgehead atoms. The highest BCUT2D eigenvalue weighted by Gasteiger charge is 2.32. The maximum Gasteiger partial charge on any atom is 0.228 e. The zero-order chi connectivity index (χ0) is 9.97. The first-order valence-corrected chi connectivity index (χ1v) is 5.28. The molecule has 2 fully saturated rings. The van der Waals surface area contributed by atoms with Crippen LogP contribution >= 0.6 is 0 Å². The van der Waals surface area contributed by atoms with E-state index in [1.54, 1.807) is 0 Å². The van der Waals surface area contributed by atoms with E-state index in [9.17, 15) is 4.79 Å². The second-order valence-electron chi connectivity index (χ2n) is 4.18. The predicted octanol–water partition coefficient (Wildman–Crippen LogP) is -0.136. The van der Waals surface area contributed by atoms with Crippen molar-refractivity contribution in [3.63, 3.8) is 0 Å². The number of aliphatic hydroxyl groups is 1. The molecule has 2 heterocycles. The van der Waals surface area contributed by atoms with Crippen LogP contribution < -0.4 is 0 Å². The largest absolute Gasteiger partial charge is 0.396 e. The molecule has 1 N–H and O–H groups in total. The highest BCUT2D eigenvalue weighted by Crippen LogP contribution is 2.21. The van der Waals surface area contributed by atoms with Crippen LogP contribution in [0.4, 0.5) is 0 Å². The van der Waals surface area contributed by atoms with Crippen molar-refractivity contribution in [2.75, 3.05) is 32.9 Å². The molecule has 0 unspecified atom stereocenters. The number of hydrogen-bond acceptors (Lipinski definition) is 3. The number of hydrogen-bond donors (Lipinski definition) is 1.